The smallest absolute Gasteiger partial charge is 0.173 e. The predicted molar refractivity (Wildman–Crippen MR) is 114 cm³/mol. The van der Waals surface area contributed by atoms with Gasteiger partial charge in [0, 0.05) is 24.0 Å². The second kappa shape index (κ2) is 9.82. The molecule has 2 aliphatic heterocycles. The molecule has 0 bridgehead atoms. The van der Waals surface area contributed by atoms with Crippen LogP contribution in [0.15, 0.2) is 0 Å². The number of likely N-dealkylation sites (N-methyl/N-ethyl adjacent to an activating group) is 1. The van der Waals surface area contributed by atoms with Crippen molar-refractivity contribution in [3.8, 4) is 0 Å². The fourth-order valence-corrected chi connectivity index (χ4v) is 5.20. The van der Waals surface area contributed by atoms with E-state index >= 15 is 0 Å². The Balaban J connectivity index is 1.76. The summed E-state index contributed by atoms with van der Waals surface area (Å²) in [4.78, 5) is 0. The largest absolute Gasteiger partial charge is 0.390 e. The van der Waals surface area contributed by atoms with Crippen LogP contribution in [0.1, 0.15) is 33.1 Å². The first-order chi connectivity index (χ1) is 14.5. The molecule has 11 nitrogen and oxygen atoms in total. The quantitative estimate of drug-likeness (QED) is 0.209. The third kappa shape index (κ3) is 5.07. The molecule has 0 aromatic heterocycles. The van der Waals surface area contributed by atoms with Crippen LogP contribution in [-0.4, -0.2) is 102 Å². The maximum Gasteiger partial charge on any atom is 0.173 e. The number of rotatable bonds is 5. The van der Waals surface area contributed by atoms with E-state index in [1.807, 2.05) is 6.92 Å². The molecule has 182 valence electrons. The molecule has 0 spiro atoms. The van der Waals surface area contributed by atoms with Gasteiger partial charge in [0.2, 0.25) is 0 Å². The van der Waals surface area contributed by atoms with E-state index in [2.05, 4.69) is 5.32 Å². The second-order valence-electron chi connectivity index (χ2n) is 9.77. The first kappa shape index (κ1) is 25.2. The van der Waals surface area contributed by atoms with Gasteiger partial charge in [-0.15, -0.1) is 0 Å². The van der Waals surface area contributed by atoms with Gasteiger partial charge in [0.15, 0.2) is 6.29 Å². The lowest BCUT2D eigenvalue weighted by Crippen LogP contribution is -2.70. The van der Waals surface area contributed by atoms with Crippen molar-refractivity contribution >= 4 is 0 Å². The van der Waals surface area contributed by atoms with E-state index in [9.17, 15) is 15.3 Å². The third-order valence-corrected chi connectivity index (χ3v) is 7.16. The molecule has 31 heavy (non-hydrogen) atoms. The molecular weight excluding hydrogens is 406 g/mol. The maximum absolute atomic E-state index is 11.2. The van der Waals surface area contributed by atoms with E-state index in [0.29, 0.717) is 12.8 Å². The number of aliphatic hydroxyl groups is 3. The average Bonchev–Trinajstić information content (AvgIpc) is 2.69. The zero-order valence-corrected chi connectivity index (χ0v) is 18.6. The SMILES string of the molecule is CN[C@@H]1[C@@H](O)[C@@H]([C@H]2C[C@H](N)[C@H](N)[C@@H](O[C@H]3O[C@H](C(C)N)CC[C@H]3N)[C@@H]2O)OC[C@]1(C)O. The molecule has 1 aliphatic carbocycles. The Bertz CT molecular complexity index is 598. The molecule has 0 aromatic carbocycles. The summed E-state index contributed by atoms with van der Waals surface area (Å²) >= 11 is 0. The van der Waals surface area contributed by atoms with E-state index in [1.165, 1.54) is 0 Å². The highest BCUT2D eigenvalue weighted by Gasteiger charge is 2.53. The van der Waals surface area contributed by atoms with Crippen molar-refractivity contribution in [2.75, 3.05) is 13.7 Å². The normalized spacial score (nSPS) is 52.6. The highest BCUT2D eigenvalue weighted by molar-refractivity contribution is 5.07. The fourth-order valence-electron chi connectivity index (χ4n) is 5.20. The van der Waals surface area contributed by atoms with Crippen molar-refractivity contribution in [3.63, 3.8) is 0 Å². The van der Waals surface area contributed by atoms with Gasteiger partial charge in [-0.05, 0) is 40.2 Å². The molecule has 13 atom stereocenters. The van der Waals surface area contributed by atoms with Gasteiger partial charge in [0.1, 0.15) is 11.7 Å². The van der Waals surface area contributed by atoms with Crippen LogP contribution in [0.25, 0.3) is 0 Å². The van der Waals surface area contributed by atoms with Crippen molar-refractivity contribution in [1.82, 2.24) is 5.32 Å². The van der Waals surface area contributed by atoms with E-state index in [-0.39, 0.29) is 24.8 Å². The molecule has 0 aromatic rings. The van der Waals surface area contributed by atoms with Crippen LogP contribution in [0, 0.1) is 5.92 Å². The third-order valence-electron chi connectivity index (χ3n) is 7.16. The number of hydrogen-bond acceptors (Lipinski definition) is 11. The first-order valence-electron chi connectivity index (χ1n) is 11.2. The van der Waals surface area contributed by atoms with E-state index < -0.39 is 60.4 Å². The average molecular weight is 448 g/mol. The van der Waals surface area contributed by atoms with Crippen molar-refractivity contribution in [3.05, 3.63) is 0 Å². The van der Waals surface area contributed by atoms with Crippen molar-refractivity contribution in [1.29, 1.82) is 0 Å². The molecule has 0 radical (unpaired) electrons. The Hall–Kier alpha value is -0.440. The predicted octanol–water partition coefficient (Wildman–Crippen LogP) is -3.31. The first-order valence-corrected chi connectivity index (χ1v) is 11.2. The molecule has 2 heterocycles. The van der Waals surface area contributed by atoms with Gasteiger partial charge in [-0.25, -0.2) is 0 Å². The van der Waals surface area contributed by atoms with Crippen molar-refractivity contribution < 1.29 is 29.5 Å². The number of aliphatic hydroxyl groups excluding tert-OH is 2. The van der Waals surface area contributed by atoms with Gasteiger partial charge in [-0.3, -0.25) is 0 Å². The second-order valence-corrected chi connectivity index (χ2v) is 9.77. The van der Waals surface area contributed by atoms with Gasteiger partial charge < -0.3 is 57.8 Å². The van der Waals surface area contributed by atoms with Gasteiger partial charge in [0.05, 0.1) is 43.1 Å². The highest BCUT2D eigenvalue weighted by Crippen LogP contribution is 2.37. The molecular formula is C20H41N5O6. The summed E-state index contributed by atoms with van der Waals surface area (Å²) < 4.78 is 17.9. The summed E-state index contributed by atoms with van der Waals surface area (Å²) in [6, 6.07) is -2.34. The van der Waals surface area contributed by atoms with E-state index in [4.69, 9.17) is 37.1 Å². The standard InChI is InChI=1S/C20H41N5O6/c1-8(21)12-5-4-10(22)19(30-12)31-17-13(24)11(23)6-9(14(17)26)16-15(27)18(25-3)20(2,28)7-29-16/h8-19,25-28H,4-7,21-24H2,1-3H3/t8?,9-,10+,11-,12-,13-,14+,15-,16+,17+,18+,19+,20-/m0/s1. The Labute approximate surface area is 183 Å². The topological polar surface area (TPSA) is 204 Å². The minimum atomic E-state index is -1.25. The zero-order chi connectivity index (χ0) is 23.1. The summed E-state index contributed by atoms with van der Waals surface area (Å²) in [7, 11) is 1.66. The Morgan fingerprint density at radius 2 is 1.81 bits per heavy atom. The zero-order valence-electron chi connectivity index (χ0n) is 18.6. The van der Waals surface area contributed by atoms with E-state index in [0.717, 1.165) is 6.42 Å². The van der Waals surface area contributed by atoms with Crippen LogP contribution in [0.5, 0.6) is 0 Å². The number of hydrogen-bond donors (Lipinski definition) is 8. The van der Waals surface area contributed by atoms with E-state index in [1.54, 1.807) is 14.0 Å². The molecule has 11 heteroatoms. The van der Waals surface area contributed by atoms with Gasteiger partial charge in [0.25, 0.3) is 0 Å². The van der Waals surface area contributed by atoms with Crippen LogP contribution >= 0.6 is 0 Å². The molecule has 12 N–H and O–H groups in total. The summed E-state index contributed by atoms with van der Waals surface area (Å²) in [5.41, 5.74) is 23.5. The highest BCUT2D eigenvalue weighted by atomic mass is 16.7. The number of nitrogens with one attached hydrogen (secondary N) is 1. The summed E-state index contributed by atoms with van der Waals surface area (Å²) in [6.07, 6.45) is -2.98. The van der Waals surface area contributed by atoms with Crippen LogP contribution in [0.3, 0.4) is 0 Å². The Kier molecular flexibility index (Phi) is 7.98. The van der Waals surface area contributed by atoms with Crippen LogP contribution in [0.2, 0.25) is 0 Å². The van der Waals surface area contributed by atoms with Crippen molar-refractivity contribution in [2.24, 2.45) is 28.9 Å². The molecule has 3 fully saturated rings. The molecule has 3 rings (SSSR count). The lowest BCUT2D eigenvalue weighted by Gasteiger charge is -2.51. The Morgan fingerprint density at radius 1 is 1.13 bits per heavy atom. The minimum absolute atomic E-state index is 0.00292. The van der Waals surface area contributed by atoms with Gasteiger partial charge >= 0.3 is 0 Å². The summed E-state index contributed by atoms with van der Waals surface area (Å²) in [5.74, 6) is -0.550. The summed E-state index contributed by atoms with van der Waals surface area (Å²) in [5, 5.41) is 35.6. The minimum Gasteiger partial charge on any atom is -0.390 e. The van der Waals surface area contributed by atoms with Crippen molar-refractivity contribution in [2.45, 2.75) is 106 Å². The number of ether oxygens (including phenoxy) is 3. The van der Waals surface area contributed by atoms with Gasteiger partial charge in [-0.1, -0.05) is 0 Å². The lowest BCUT2D eigenvalue weighted by atomic mass is 9.72. The molecule has 0 amide bonds. The van der Waals surface area contributed by atoms with Gasteiger partial charge in [-0.2, -0.15) is 0 Å². The molecule has 3 aliphatic rings. The lowest BCUT2D eigenvalue weighted by molar-refractivity contribution is -0.265. The van der Waals surface area contributed by atoms with Crippen LogP contribution < -0.4 is 28.3 Å². The van der Waals surface area contributed by atoms with Crippen LogP contribution in [0.4, 0.5) is 0 Å². The Morgan fingerprint density at radius 3 is 2.42 bits per heavy atom. The molecule has 2 saturated heterocycles. The fraction of sp³-hybridized carbons (Fsp3) is 1.00. The maximum atomic E-state index is 11.2. The summed E-state index contributed by atoms with van der Waals surface area (Å²) in [6.45, 7) is 3.46. The molecule has 1 saturated carbocycles. The van der Waals surface area contributed by atoms with Crippen LogP contribution in [-0.2, 0) is 14.2 Å². The molecule has 1 unspecified atom stereocenters. The monoisotopic (exact) mass is 447 g/mol. The number of nitrogens with two attached hydrogens (primary N) is 4.